The summed E-state index contributed by atoms with van der Waals surface area (Å²) in [6.45, 7) is 2.15. The third kappa shape index (κ3) is 6.82. The minimum absolute atomic E-state index is 0.122. The monoisotopic (exact) mass is 472 g/mol. The summed E-state index contributed by atoms with van der Waals surface area (Å²) in [7, 11) is 1.57. The van der Waals surface area contributed by atoms with Crippen LogP contribution in [0, 0.1) is 0 Å². The Labute approximate surface area is 190 Å². The third-order valence-corrected chi connectivity index (χ3v) is 6.48. The van der Waals surface area contributed by atoms with Gasteiger partial charge in [0.25, 0.3) is 0 Å². The summed E-state index contributed by atoms with van der Waals surface area (Å²) < 4.78 is 0. The lowest BCUT2D eigenvalue weighted by Gasteiger charge is -2.30. The summed E-state index contributed by atoms with van der Waals surface area (Å²) >= 11 is 19.8. The molecule has 2 amide bonds. The minimum atomic E-state index is -0.567. The summed E-state index contributed by atoms with van der Waals surface area (Å²) in [5, 5.41) is 4.18. The second-order valence-corrected chi connectivity index (χ2v) is 8.60. The lowest BCUT2D eigenvalue weighted by molar-refractivity contribution is -0.139. The smallest absolute Gasteiger partial charge is 0.242 e. The molecule has 0 spiro atoms. The van der Waals surface area contributed by atoms with E-state index < -0.39 is 6.04 Å². The van der Waals surface area contributed by atoms with Crippen molar-refractivity contribution in [1.29, 1.82) is 0 Å². The van der Waals surface area contributed by atoms with Gasteiger partial charge in [0.15, 0.2) is 0 Å². The van der Waals surface area contributed by atoms with E-state index >= 15 is 0 Å². The standard InChI is InChI=1S/C21H23Cl3N2O2S/c1-3-19(21(28)25-2)26(11-14-8-9-17(23)18(24)10-14)20(27)13-29-12-15-6-4-5-7-16(15)22/h4-10,19H,3,11-13H2,1-2H3,(H,25,28)/t19-/m0/s1. The molecule has 1 N–H and O–H groups in total. The number of halogens is 3. The van der Waals surface area contributed by atoms with Crippen molar-refractivity contribution in [2.45, 2.75) is 31.7 Å². The Bertz CT molecular complexity index is 864. The minimum Gasteiger partial charge on any atom is -0.357 e. The van der Waals surface area contributed by atoms with Crippen molar-refractivity contribution in [3.63, 3.8) is 0 Å². The van der Waals surface area contributed by atoms with Crippen LogP contribution in [0.4, 0.5) is 0 Å². The summed E-state index contributed by atoms with van der Waals surface area (Å²) in [5.74, 6) is 0.531. The highest BCUT2D eigenvalue weighted by Crippen LogP contribution is 2.25. The Balaban J connectivity index is 2.14. The molecule has 4 nitrogen and oxygen atoms in total. The van der Waals surface area contributed by atoms with Crippen LogP contribution in [0.25, 0.3) is 0 Å². The molecule has 0 bridgehead atoms. The maximum atomic E-state index is 13.0. The molecule has 29 heavy (non-hydrogen) atoms. The number of nitrogens with one attached hydrogen (secondary N) is 1. The molecule has 2 aromatic carbocycles. The second-order valence-electron chi connectivity index (χ2n) is 6.39. The SMILES string of the molecule is CC[C@@H](C(=O)NC)N(Cc1ccc(Cl)c(Cl)c1)C(=O)CSCc1ccccc1Cl. The Hall–Kier alpha value is -1.40. The van der Waals surface area contributed by atoms with Crippen molar-refractivity contribution in [2.24, 2.45) is 0 Å². The molecule has 0 saturated carbocycles. The number of amides is 2. The summed E-state index contributed by atoms with van der Waals surface area (Å²) in [6.07, 6.45) is 0.502. The van der Waals surface area contributed by atoms with Crippen LogP contribution < -0.4 is 5.32 Å². The number of thioether (sulfide) groups is 1. The van der Waals surface area contributed by atoms with Crippen molar-refractivity contribution in [1.82, 2.24) is 10.2 Å². The van der Waals surface area contributed by atoms with Gasteiger partial charge < -0.3 is 10.2 Å². The molecule has 0 aliphatic carbocycles. The van der Waals surface area contributed by atoms with E-state index in [9.17, 15) is 9.59 Å². The fraction of sp³-hybridized carbons (Fsp3) is 0.333. The lowest BCUT2D eigenvalue weighted by Crippen LogP contribution is -2.48. The zero-order valence-electron chi connectivity index (χ0n) is 16.3. The number of nitrogens with zero attached hydrogens (tertiary/aromatic N) is 1. The molecule has 0 aromatic heterocycles. The van der Waals surface area contributed by atoms with Crippen molar-refractivity contribution in [2.75, 3.05) is 12.8 Å². The van der Waals surface area contributed by atoms with E-state index in [4.69, 9.17) is 34.8 Å². The van der Waals surface area contributed by atoms with Crippen LogP contribution in [-0.4, -0.2) is 35.6 Å². The molecule has 156 valence electrons. The first-order valence-corrected chi connectivity index (χ1v) is 11.4. The van der Waals surface area contributed by atoms with Crippen LogP contribution in [0.3, 0.4) is 0 Å². The van der Waals surface area contributed by atoms with E-state index in [-0.39, 0.29) is 24.1 Å². The van der Waals surface area contributed by atoms with Crippen LogP contribution in [0.5, 0.6) is 0 Å². The molecule has 2 aromatic rings. The van der Waals surface area contributed by atoms with Gasteiger partial charge >= 0.3 is 0 Å². The van der Waals surface area contributed by atoms with Crippen LogP contribution in [0.15, 0.2) is 42.5 Å². The van der Waals surface area contributed by atoms with Gasteiger partial charge in [-0.2, -0.15) is 0 Å². The van der Waals surface area contributed by atoms with E-state index in [1.54, 1.807) is 24.1 Å². The van der Waals surface area contributed by atoms with E-state index in [2.05, 4.69) is 5.32 Å². The van der Waals surface area contributed by atoms with Gasteiger partial charge in [-0.05, 0) is 35.7 Å². The molecule has 0 unspecified atom stereocenters. The molecular formula is C21H23Cl3N2O2S. The summed E-state index contributed by atoms with van der Waals surface area (Å²) in [5.41, 5.74) is 1.78. The van der Waals surface area contributed by atoms with Gasteiger partial charge in [0.2, 0.25) is 11.8 Å². The number of carbonyl (C=O) groups is 2. The quantitative estimate of drug-likeness (QED) is 0.528. The van der Waals surface area contributed by atoms with Crippen LogP contribution in [0.2, 0.25) is 15.1 Å². The second kappa shape index (κ2) is 11.7. The van der Waals surface area contributed by atoms with Gasteiger partial charge in [0, 0.05) is 24.4 Å². The number of likely N-dealkylation sites (N-methyl/N-ethyl adjacent to an activating group) is 1. The van der Waals surface area contributed by atoms with Gasteiger partial charge in [-0.15, -0.1) is 11.8 Å². The molecule has 0 heterocycles. The van der Waals surface area contributed by atoms with Gasteiger partial charge in [0.05, 0.1) is 15.8 Å². The van der Waals surface area contributed by atoms with Crippen LogP contribution in [-0.2, 0) is 21.9 Å². The highest BCUT2D eigenvalue weighted by Gasteiger charge is 2.28. The molecule has 0 fully saturated rings. The predicted octanol–water partition coefficient (Wildman–Crippen LogP) is 5.43. The number of hydrogen-bond acceptors (Lipinski definition) is 3. The number of rotatable bonds is 9. The highest BCUT2D eigenvalue weighted by molar-refractivity contribution is 7.99. The third-order valence-electron chi connectivity index (χ3n) is 4.41. The fourth-order valence-electron chi connectivity index (χ4n) is 2.87. The zero-order chi connectivity index (χ0) is 21.4. The Morgan fingerprint density at radius 3 is 2.41 bits per heavy atom. The molecule has 8 heteroatoms. The Kier molecular flexibility index (Phi) is 9.63. The number of hydrogen-bond donors (Lipinski definition) is 1. The van der Waals surface area contributed by atoms with Crippen molar-refractivity contribution in [3.05, 3.63) is 68.7 Å². The molecule has 1 atom stereocenters. The summed E-state index contributed by atoms with van der Waals surface area (Å²) in [4.78, 5) is 27.0. The predicted molar refractivity (Wildman–Crippen MR) is 123 cm³/mol. The molecule has 2 rings (SSSR count). The highest BCUT2D eigenvalue weighted by atomic mass is 35.5. The van der Waals surface area contributed by atoms with Crippen molar-refractivity contribution in [3.8, 4) is 0 Å². The molecule has 0 aliphatic heterocycles. The molecule has 0 radical (unpaired) electrons. The van der Waals surface area contributed by atoms with Gasteiger partial charge in [0.1, 0.15) is 6.04 Å². The van der Waals surface area contributed by atoms with Crippen molar-refractivity contribution >= 4 is 58.4 Å². The topological polar surface area (TPSA) is 49.4 Å². The molecule has 0 aliphatic rings. The van der Waals surface area contributed by atoms with E-state index in [0.29, 0.717) is 27.2 Å². The molecule has 0 saturated heterocycles. The Morgan fingerprint density at radius 2 is 1.79 bits per heavy atom. The van der Waals surface area contributed by atoms with E-state index in [1.165, 1.54) is 11.8 Å². The maximum Gasteiger partial charge on any atom is 0.242 e. The Morgan fingerprint density at radius 1 is 1.07 bits per heavy atom. The number of carbonyl (C=O) groups excluding carboxylic acids is 2. The van der Waals surface area contributed by atoms with Crippen LogP contribution >= 0.6 is 46.6 Å². The largest absolute Gasteiger partial charge is 0.357 e. The van der Waals surface area contributed by atoms with Crippen LogP contribution in [0.1, 0.15) is 24.5 Å². The maximum absolute atomic E-state index is 13.0. The van der Waals surface area contributed by atoms with Crippen molar-refractivity contribution < 1.29 is 9.59 Å². The molecular weight excluding hydrogens is 451 g/mol. The van der Waals surface area contributed by atoms with E-state index in [0.717, 1.165) is 11.1 Å². The fourth-order valence-corrected chi connectivity index (χ4v) is 4.38. The number of benzene rings is 2. The van der Waals surface area contributed by atoms with E-state index in [1.807, 2.05) is 37.3 Å². The van der Waals surface area contributed by atoms with Gasteiger partial charge in [-0.25, -0.2) is 0 Å². The summed E-state index contributed by atoms with van der Waals surface area (Å²) in [6, 6.07) is 12.2. The average Bonchev–Trinajstić information content (AvgIpc) is 2.71. The van der Waals surface area contributed by atoms with Gasteiger partial charge in [-0.1, -0.05) is 66.0 Å². The normalized spacial score (nSPS) is 11.8. The first kappa shape index (κ1) is 23.9. The van der Waals surface area contributed by atoms with Gasteiger partial charge in [-0.3, -0.25) is 9.59 Å². The first-order chi connectivity index (χ1) is 13.9. The zero-order valence-corrected chi connectivity index (χ0v) is 19.3. The lowest BCUT2D eigenvalue weighted by atomic mass is 10.1. The first-order valence-electron chi connectivity index (χ1n) is 9.13. The average molecular weight is 474 g/mol.